The molecule has 1 aromatic rings. The zero-order valence-electron chi connectivity index (χ0n) is 11.9. The molecule has 6 heteroatoms. The Morgan fingerprint density at radius 1 is 1.29 bits per heavy atom. The Labute approximate surface area is 123 Å². The molecule has 0 aromatic heterocycles. The number of ether oxygens (including phenoxy) is 2. The first-order valence-electron chi connectivity index (χ1n) is 6.81. The van der Waals surface area contributed by atoms with Crippen LogP contribution in [0.15, 0.2) is 30.3 Å². The van der Waals surface area contributed by atoms with Gasteiger partial charge in [-0.3, -0.25) is 4.79 Å². The fourth-order valence-corrected chi connectivity index (χ4v) is 2.37. The molecule has 114 valence electrons. The molecule has 1 fully saturated rings. The van der Waals surface area contributed by atoms with E-state index >= 15 is 0 Å². The van der Waals surface area contributed by atoms with Crippen LogP contribution in [-0.2, 0) is 20.9 Å². The van der Waals surface area contributed by atoms with Gasteiger partial charge in [0, 0.05) is 13.1 Å². The number of carbonyl (C=O) groups excluding carboxylic acids is 2. The van der Waals surface area contributed by atoms with Gasteiger partial charge in [-0.25, -0.2) is 4.79 Å². The molecule has 0 bridgehead atoms. The Morgan fingerprint density at radius 3 is 2.67 bits per heavy atom. The van der Waals surface area contributed by atoms with Gasteiger partial charge >= 0.3 is 12.1 Å². The van der Waals surface area contributed by atoms with Gasteiger partial charge in [-0.2, -0.15) is 0 Å². The maximum Gasteiger partial charge on any atom is 0.410 e. The van der Waals surface area contributed by atoms with Crippen molar-refractivity contribution in [2.75, 3.05) is 20.2 Å². The third kappa shape index (κ3) is 4.19. The van der Waals surface area contributed by atoms with Crippen molar-refractivity contribution in [2.45, 2.75) is 19.1 Å². The number of rotatable bonds is 3. The van der Waals surface area contributed by atoms with Crippen LogP contribution in [0.2, 0.25) is 0 Å². The third-order valence-electron chi connectivity index (χ3n) is 3.43. The second-order valence-corrected chi connectivity index (χ2v) is 5.05. The summed E-state index contributed by atoms with van der Waals surface area (Å²) in [4.78, 5) is 24.9. The summed E-state index contributed by atoms with van der Waals surface area (Å²) >= 11 is 0. The highest BCUT2D eigenvalue weighted by atomic mass is 16.6. The van der Waals surface area contributed by atoms with Gasteiger partial charge in [0.15, 0.2) is 0 Å². The van der Waals surface area contributed by atoms with Crippen LogP contribution >= 0.6 is 0 Å². The number of nitrogens with zero attached hydrogens (tertiary/aromatic N) is 1. The number of benzene rings is 1. The summed E-state index contributed by atoms with van der Waals surface area (Å²) in [5.41, 5.74) is 0.882. The third-order valence-corrected chi connectivity index (χ3v) is 3.43. The smallest absolute Gasteiger partial charge is 0.410 e. The predicted octanol–water partition coefficient (Wildman–Crippen LogP) is 1.18. The molecule has 1 aliphatic heterocycles. The van der Waals surface area contributed by atoms with E-state index in [0.29, 0.717) is 6.42 Å². The number of carbonyl (C=O) groups is 2. The van der Waals surface area contributed by atoms with E-state index in [-0.39, 0.29) is 19.7 Å². The van der Waals surface area contributed by atoms with Gasteiger partial charge in [0.05, 0.1) is 19.1 Å². The van der Waals surface area contributed by atoms with E-state index in [4.69, 9.17) is 4.74 Å². The number of hydrogen-bond donors (Lipinski definition) is 1. The molecule has 1 aromatic carbocycles. The molecule has 1 aliphatic rings. The Balaban J connectivity index is 1.90. The minimum absolute atomic E-state index is 0.162. The van der Waals surface area contributed by atoms with E-state index in [2.05, 4.69) is 4.74 Å². The summed E-state index contributed by atoms with van der Waals surface area (Å²) in [7, 11) is 1.29. The lowest BCUT2D eigenvalue weighted by Gasteiger charge is -2.33. The van der Waals surface area contributed by atoms with E-state index in [1.165, 1.54) is 12.0 Å². The number of hydrogen-bond acceptors (Lipinski definition) is 5. The highest BCUT2D eigenvalue weighted by molar-refractivity contribution is 5.74. The van der Waals surface area contributed by atoms with Gasteiger partial charge in [-0.05, 0) is 12.0 Å². The number of esters is 1. The second-order valence-electron chi connectivity index (χ2n) is 5.05. The highest BCUT2D eigenvalue weighted by Crippen LogP contribution is 2.19. The van der Waals surface area contributed by atoms with Crippen molar-refractivity contribution in [1.82, 2.24) is 4.90 Å². The molecule has 0 unspecified atom stereocenters. The van der Waals surface area contributed by atoms with Crippen molar-refractivity contribution in [1.29, 1.82) is 0 Å². The molecular formula is C15H19NO5. The van der Waals surface area contributed by atoms with E-state index in [1.54, 1.807) is 0 Å². The fraction of sp³-hybridized carbons (Fsp3) is 0.467. The molecule has 1 heterocycles. The number of β-amino-alcohol motifs (C(OH)–C–C–N with tert-alkyl or cyclic N) is 1. The van der Waals surface area contributed by atoms with E-state index in [0.717, 1.165) is 5.56 Å². The summed E-state index contributed by atoms with van der Waals surface area (Å²) in [6.07, 6.45) is -0.978. The number of piperidine rings is 1. The van der Waals surface area contributed by atoms with E-state index in [1.807, 2.05) is 30.3 Å². The SMILES string of the molecule is COC(=O)[C@@H]1C[C@@H](O)CN(C(=O)OCc2ccccc2)C1. The lowest BCUT2D eigenvalue weighted by Crippen LogP contribution is -2.48. The summed E-state index contributed by atoms with van der Waals surface area (Å²) < 4.78 is 9.87. The minimum atomic E-state index is -0.743. The summed E-state index contributed by atoms with van der Waals surface area (Å²) in [6, 6.07) is 9.32. The average Bonchev–Trinajstić information content (AvgIpc) is 2.52. The fourth-order valence-electron chi connectivity index (χ4n) is 2.37. The topological polar surface area (TPSA) is 76.1 Å². The Bertz CT molecular complexity index is 490. The van der Waals surface area contributed by atoms with Gasteiger partial charge in [0.25, 0.3) is 0 Å². The predicted molar refractivity (Wildman–Crippen MR) is 74.3 cm³/mol. The van der Waals surface area contributed by atoms with Crippen molar-refractivity contribution < 1.29 is 24.2 Å². The lowest BCUT2D eigenvalue weighted by atomic mass is 9.96. The van der Waals surface area contributed by atoms with Crippen LogP contribution in [-0.4, -0.2) is 48.4 Å². The zero-order chi connectivity index (χ0) is 15.2. The van der Waals surface area contributed by atoms with Crippen molar-refractivity contribution in [3.63, 3.8) is 0 Å². The van der Waals surface area contributed by atoms with Gasteiger partial charge in [-0.15, -0.1) is 0 Å². The Hall–Kier alpha value is -2.08. The number of aliphatic hydroxyl groups excluding tert-OH is 1. The molecule has 0 aliphatic carbocycles. The van der Waals surface area contributed by atoms with Crippen LogP contribution in [0.5, 0.6) is 0 Å². The number of likely N-dealkylation sites (tertiary alicyclic amines) is 1. The van der Waals surface area contributed by atoms with Gasteiger partial charge in [0.1, 0.15) is 6.61 Å². The van der Waals surface area contributed by atoms with Crippen molar-refractivity contribution >= 4 is 12.1 Å². The monoisotopic (exact) mass is 293 g/mol. The second kappa shape index (κ2) is 7.08. The zero-order valence-corrected chi connectivity index (χ0v) is 11.9. The first-order chi connectivity index (χ1) is 10.1. The van der Waals surface area contributed by atoms with E-state index < -0.39 is 24.1 Å². The molecule has 1 N–H and O–H groups in total. The highest BCUT2D eigenvalue weighted by Gasteiger charge is 2.34. The maximum atomic E-state index is 12.0. The first kappa shape index (κ1) is 15.3. The first-order valence-corrected chi connectivity index (χ1v) is 6.81. The molecule has 6 nitrogen and oxygen atoms in total. The summed E-state index contributed by atoms with van der Waals surface area (Å²) in [5, 5.41) is 9.77. The Kier molecular flexibility index (Phi) is 5.16. The number of aliphatic hydroxyl groups is 1. The van der Waals surface area contributed by atoms with Gasteiger partial charge in [0.2, 0.25) is 0 Å². The Morgan fingerprint density at radius 2 is 2.00 bits per heavy atom. The van der Waals surface area contributed by atoms with Gasteiger partial charge < -0.3 is 19.5 Å². The maximum absolute atomic E-state index is 12.0. The molecule has 1 amide bonds. The number of amides is 1. The van der Waals surface area contributed by atoms with Crippen molar-refractivity contribution in [3.05, 3.63) is 35.9 Å². The van der Waals surface area contributed by atoms with Crippen LogP contribution in [0.25, 0.3) is 0 Å². The summed E-state index contributed by atoms with van der Waals surface area (Å²) in [6.45, 7) is 0.535. The minimum Gasteiger partial charge on any atom is -0.469 e. The molecule has 0 radical (unpaired) electrons. The molecule has 0 saturated carbocycles. The van der Waals surface area contributed by atoms with Crippen molar-refractivity contribution in [2.24, 2.45) is 5.92 Å². The molecule has 1 saturated heterocycles. The lowest BCUT2D eigenvalue weighted by molar-refractivity contribution is -0.148. The van der Waals surface area contributed by atoms with Crippen LogP contribution in [0.4, 0.5) is 4.79 Å². The quantitative estimate of drug-likeness (QED) is 0.847. The molecule has 2 atom stereocenters. The van der Waals surface area contributed by atoms with Gasteiger partial charge in [-0.1, -0.05) is 30.3 Å². The van der Waals surface area contributed by atoms with Crippen LogP contribution < -0.4 is 0 Å². The van der Waals surface area contributed by atoms with Crippen LogP contribution in [0.1, 0.15) is 12.0 Å². The average molecular weight is 293 g/mol. The summed E-state index contributed by atoms with van der Waals surface area (Å²) in [5.74, 6) is -0.933. The molecular weight excluding hydrogens is 274 g/mol. The largest absolute Gasteiger partial charge is 0.469 e. The van der Waals surface area contributed by atoms with Crippen LogP contribution in [0.3, 0.4) is 0 Å². The molecule has 21 heavy (non-hydrogen) atoms. The normalized spacial score (nSPS) is 21.7. The van der Waals surface area contributed by atoms with E-state index in [9.17, 15) is 14.7 Å². The molecule has 0 spiro atoms. The number of methoxy groups -OCH3 is 1. The molecule has 2 rings (SSSR count). The van der Waals surface area contributed by atoms with Crippen molar-refractivity contribution in [3.8, 4) is 0 Å². The standard InChI is InChI=1S/C15H19NO5/c1-20-14(18)12-7-13(17)9-16(8-12)15(19)21-10-11-5-3-2-4-6-11/h2-6,12-13,17H,7-10H2,1H3/t12-,13-/m1/s1. The van der Waals surface area contributed by atoms with Crippen LogP contribution in [0, 0.1) is 5.92 Å².